The van der Waals surface area contributed by atoms with Crippen molar-refractivity contribution in [2.45, 2.75) is 55.6 Å². The minimum absolute atomic E-state index is 0.0182. The van der Waals surface area contributed by atoms with Gasteiger partial charge < -0.3 is 10.2 Å². The Kier molecular flexibility index (Phi) is 10.2. The second-order valence-corrected chi connectivity index (χ2v) is 12.9. The van der Waals surface area contributed by atoms with E-state index in [0.29, 0.717) is 15.6 Å². The Morgan fingerprint density at radius 1 is 0.925 bits per heavy atom. The van der Waals surface area contributed by atoms with Gasteiger partial charge in [-0.25, -0.2) is 8.42 Å². The molecule has 0 saturated heterocycles. The fraction of sp³-hybridized carbons (Fsp3) is 0.333. The molecule has 40 heavy (non-hydrogen) atoms. The summed E-state index contributed by atoms with van der Waals surface area (Å²) in [6, 6.07) is 21.5. The van der Waals surface area contributed by atoms with Crippen LogP contribution in [-0.4, -0.2) is 55.1 Å². The molecule has 0 spiro atoms. The predicted molar refractivity (Wildman–Crippen MR) is 158 cm³/mol. The third kappa shape index (κ3) is 7.63. The Balaban J connectivity index is 1.66. The quantitative estimate of drug-likeness (QED) is 0.322. The van der Waals surface area contributed by atoms with Crippen molar-refractivity contribution in [2.24, 2.45) is 0 Å². The highest BCUT2D eigenvalue weighted by Crippen LogP contribution is 2.23. The van der Waals surface area contributed by atoms with Gasteiger partial charge in [-0.05, 0) is 54.3 Å². The number of nitrogens with one attached hydrogen (secondary N) is 1. The van der Waals surface area contributed by atoms with Gasteiger partial charge in [-0.15, -0.1) is 0 Å². The molecular weight excluding hydrogens is 569 g/mol. The summed E-state index contributed by atoms with van der Waals surface area (Å²) in [6.45, 7) is -0.416. The van der Waals surface area contributed by atoms with Crippen LogP contribution >= 0.6 is 23.2 Å². The van der Waals surface area contributed by atoms with E-state index in [-0.39, 0.29) is 29.8 Å². The zero-order valence-electron chi connectivity index (χ0n) is 22.3. The molecule has 2 amide bonds. The SMILES string of the molecule is CN(CC(=O)N(Cc1ccccc1Cl)C(Cc1ccccc1)C(=O)NC1CCCC1)S(=O)(=O)c1ccc(Cl)cc1. The van der Waals surface area contributed by atoms with E-state index in [1.54, 1.807) is 18.2 Å². The first-order valence-corrected chi connectivity index (χ1v) is 15.4. The molecule has 10 heteroatoms. The molecule has 3 aromatic rings. The number of carbonyl (C=O) groups excluding carboxylic acids is 2. The molecule has 3 aromatic carbocycles. The average Bonchev–Trinajstić information content (AvgIpc) is 3.45. The van der Waals surface area contributed by atoms with E-state index in [2.05, 4.69) is 5.32 Å². The number of amides is 2. The normalized spacial score (nSPS) is 14.7. The van der Waals surface area contributed by atoms with Crippen LogP contribution in [0.25, 0.3) is 0 Å². The van der Waals surface area contributed by atoms with Crippen LogP contribution in [0.5, 0.6) is 0 Å². The highest BCUT2D eigenvalue weighted by Gasteiger charge is 2.34. The summed E-state index contributed by atoms with van der Waals surface area (Å²) in [5.74, 6) is -0.776. The summed E-state index contributed by atoms with van der Waals surface area (Å²) >= 11 is 12.4. The zero-order valence-corrected chi connectivity index (χ0v) is 24.6. The summed E-state index contributed by atoms with van der Waals surface area (Å²) in [7, 11) is -2.64. The fourth-order valence-electron chi connectivity index (χ4n) is 4.88. The molecule has 0 bridgehead atoms. The molecule has 0 aliphatic heterocycles. The van der Waals surface area contributed by atoms with E-state index < -0.39 is 28.5 Å². The van der Waals surface area contributed by atoms with Crippen LogP contribution in [0.2, 0.25) is 10.0 Å². The van der Waals surface area contributed by atoms with Crippen LogP contribution in [0.4, 0.5) is 0 Å². The molecule has 0 radical (unpaired) electrons. The van der Waals surface area contributed by atoms with Crippen molar-refractivity contribution < 1.29 is 18.0 Å². The third-order valence-electron chi connectivity index (χ3n) is 7.15. The maximum absolute atomic E-state index is 14.0. The fourth-order valence-corrected chi connectivity index (χ4v) is 6.33. The van der Waals surface area contributed by atoms with E-state index in [4.69, 9.17) is 23.2 Å². The topological polar surface area (TPSA) is 86.8 Å². The molecule has 4 rings (SSSR count). The number of nitrogens with zero attached hydrogens (tertiary/aromatic N) is 2. The van der Waals surface area contributed by atoms with Gasteiger partial charge in [0.25, 0.3) is 0 Å². The number of hydrogen-bond acceptors (Lipinski definition) is 4. The van der Waals surface area contributed by atoms with Gasteiger partial charge in [0.05, 0.1) is 11.4 Å². The van der Waals surface area contributed by atoms with Gasteiger partial charge >= 0.3 is 0 Å². The lowest BCUT2D eigenvalue weighted by Gasteiger charge is -2.33. The highest BCUT2D eigenvalue weighted by molar-refractivity contribution is 7.89. The number of rotatable bonds is 11. The maximum Gasteiger partial charge on any atom is 0.243 e. The molecule has 212 valence electrons. The summed E-state index contributed by atoms with van der Waals surface area (Å²) in [4.78, 5) is 29.2. The van der Waals surface area contributed by atoms with E-state index in [9.17, 15) is 18.0 Å². The molecule has 1 fully saturated rings. The van der Waals surface area contributed by atoms with Crippen molar-refractivity contribution in [3.8, 4) is 0 Å². The standard InChI is InChI=1S/C30H33Cl2N3O4S/c1-34(40(38,39)26-17-15-24(31)16-18-26)21-29(36)35(20-23-11-5-8-14-27(23)32)28(19-22-9-3-2-4-10-22)30(37)33-25-12-6-7-13-25/h2-5,8-11,14-18,25,28H,6-7,12-13,19-21H2,1H3,(H,33,37). The van der Waals surface area contributed by atoms with E-state index in [0.717, 1.165) is 35.6 Å². The van der Waals surface area contributed by atoms with E-state index in [1.165, 1.54) is 36.2 Å². The Morgan fingerprint density at radius 2 is 1.55 bits per heavy atom. The monoisotopic (exact) mass is 601 g/mol. The van der Waals surface area contributed by atoms with Crippen LogP contribution in [0.1, 0.15) is 36.8 Å². The number of benzene rings is 3. The first-order valence-electron chi connectivity index (χ1n) is 13.2. The lowest BCUT2D eigenvalue weighted by Crippen LogP contribution is -2.54. The van der Waals surface area contributed by atoms with E-state index >= 15 is 0 Å². The number of carbonyl (C=O) groups is 2. The number of halogens is 2. The summed E-state index contributed by atoms with van der Waals surface area (Å²) < 4.78 is 27.5. The van der Waals surface area contributed by atoms with E-state index in [1.807, 2.05) is 36.4 Å². The average molecular weight is 603 g/mol. The predicted octanol–water partition coefficient (Wildman–Crippen LogP) is 5.31. The molecule has 1 aliphatic rings. The lowest BCUT2D eigenvalue weighted by molar-refractivity contribution is -0.141. The maximum atomic E-state index is 14.0. The number of hydrogen-bond donors (Lipinski definition) is 1. The van der Waals surface area contributed by atoms with Gasteiger partial charge in [0, 0.05) is 36.1 Å². The Hall–Kier alpha value is -2.91. The molecule has 1 saturated carbocycles. The first kappa shape index (κ1) is 30.1. The number of likely N-dealkylation sites (N-methyl/N-ethyl adjacent to an activating group) is 1. The van der Waals surface area contributed by atoms with Crippen molar-refractivity contribution >= 4 is 45.0 Å². The first-order chi connectivity index (χ1) is 19.1. The third-order valence-corrected chi connectivity index (χ3v) is 9.59. The van der Waals surface area contributed by atoms with Crippen molar-refractivity contribution in [3.05, 3.63) is 100 Å². The second kappa shape index (κ2) is 13.6. The van der Waals surface area contributed by atoms with Crippen LogP contribution < -0.4 is 5.32 Å². The molecule has 0 heterocycles. The molecular formula is C30H33Cl2N3O4S. The molecule has 0 aromatic heterocycles. The van der Waals surface area contributed by atoms with Gasteiger partial charge in [-0.3, -0.25) is 9.59 Å². The Labute approximate surface area is 246 Å². The van der Waals surface area contributed by atoms with Crippen LogP contribution in [0.3, 0.4) is 0 Å². The van der Waals surface area contributed by atoms with Crippen LogP contribution in [-0.2, 0) is 32.6 Å². The number of sulfonamides is 1. The Bertz CT molecular complexity index is 1410. The minimum atomic E-state index is -3.99. The minimum Gasteiger partial charge on any atom is -0.352 e. The molecule has 1 N–H and O–H groups in total. The van der Waals surface area contributed by atoms with Crippen LogP contribution in [0.15, 0.2) is 83.8 Å². The van der Waals surface area contributed by atoms with Gasteiger partial charge in [0.1, 0.15) is 6.04 Å². The summed E-state index contributed by atoms with van der Waals surface area (Å²) in [6.07, 6.45) is 4.14. The van der Waals surface area contributed by atoms with Crippen molar-refractivity contribution in [1.82, 2.24) is 14.5 Å². The van der Waals surface area contributed by atoms with Crippen molar-refractivity contribution in [2.75, 3.05) is 13.6 Å². The van der Waals surface area contributed by atoms with Gasteiger partial charge in [0.15, 0.2) is 0 Å². The van der Waals surface area contributed by atoms with Gasteiger partial charge in [-0.1, -0.05) is 84.6 Å². The Morgan fingerprint density at radius 3 is 2.20 bits per heavy atom. The van der Waals surface area contributed by atoms with Gasteiger partial charge in [0.2, 0.25) is 21.8 Å². The molecule has 1 aliphatic carbocycles. The largest absolute Gasteiger partial charge is 0.352 e. The molecule has 7 nitrogen and oxygen atoms in total. The van der Waals surface area contributed by atoms with Crippen LogP contribution in [0, 0.1) is 0 Å². The highest BCUT2D eigenvalue weighted by atomic mass is 35.5. The smallest absolute Gasteiger partial charge is 0.243 e. The zero-order chi connectivity index (χ0) is 28.7. The van der Waals surface area contributed by atoms with Crippen molar-refractivity contribution in [1.29, 1.82) is 0 Å². The second-order valence-electron chi connectivity index (χ2n) is 10.0. The van der Waals surface area contributed by atoms with Gasteiger partial charge in [-0.2, -0.15) is 4.31 Å². The molecule has 1 atom stereocenters. The summed E-state index contributed by atoms with van der Waals surface area (Å²) in [5, 5.41) is 4.00. The van der Waals surface area contributed by atoms with Crippen molar-refractivity contribution in [3.63, 3.8) is 0 Å². The summed E-state index contributed by atoms with van der Waals surface area (Å²) in [5.41, 5.74) is 1.54. The lowest BCUT2D eigenvalue weighted by atomic mass is 10.0. The molecule has 1 unspecified atom stereocenters.